The minimum atomic E-state index is -4.57. The first-order valence-electron chi connectivity index (χ1n) is 9.21. The zero-order chi connectivity index (χ0) is 22.1. The van der Waals surface area contributed by atoms with Gasteiger partial charge in [-0.1, -0.05) is 17.7 Å². The van der Waals surface area contributed by atoms with Gasteiger partial charge in [0.05, 0.1) is 18.1 Å². The Morgan fingerprint density at radius 2 is 1.97 bits per heavy atom. The molecule has 7 nitrogen and oxygen atoms in total. The molecule has 2 heterocycles. The number of halogens is 3. The lowest BCUT2D eigenvalue weighted by molar-refractivity contribution is -0.141. The molecule has 160 valence electrons. The smallest absolute Gasteiger partial charge is 0.435 e. The molecule has 30 heavy (non-hydrogen) atoms. The van der Waals surface area contributed by atoms with E-state index in [1.165, 1.54) is 24.7 Å². The minimum Gasteiger partial charge on any atom is -0.471 e. The monoisotopic (exact) mass is 421 g/mol. The van der Waals surface area contributed by atoms with E-state index < -0.39 is 23.8 Å². The number of rotatable bonds is 6. The fourth-order valence-corrected chi connectivity index (χ4v) is 2.97. The number of amides is 1. The van der Waals surface area contributed by atoms with Crippen LogP contribution in [0.25, 0.3) is 0 Å². The minimum absolute atomic E-state index is 0.141. The highest BCUT2D eigenvalue weighted by Gasteiger charge is 2.35. The van der Waals surface area contributed by atoms with Crippen LogP contribution in [0.5, 0.6) is 5.75 Å². The van der Waals surface area contributed by atoms with Crippen LogP contribution < -0.4 is 10.1 Å². The van der Waals surface area contributed by atoms with Gasteiger partial charge in [-0.25, -0.2) is 4.68 Å². The van der Waals surface area contributed by atoms with Gasteiger partial charge in [-0.15, -0.1) is 0 Å². The number of hydrogen-bond acceptors (Lipinski definition) is 4. The van der Waals surface area contributed by atoms with Gasteiger partial charge < -0.3 is 10.1 Å². The summed E-state index contributed by atoms with van der Waals surface area (Å²) in [6.45, 7) is 7.02. The van der Waals surface area contributed by atoms with Gasteiger partial charge in [0, 0.05) is 5.69 Å². The maximum absolute atomic E-state index is 12.8. The molecule has 0 bridgehead atoms. The van der Waals surface area contributed by atoms with Gasteiger partial charge in [0.1, 0.15) is 11.8 Å². The number of alkyl halides is 3. The molecule has 3 aromatic rings. The van der Waals surface area contributed by atoms with Crippen LogP contribution in [-0.2, 0) is 17.7 Å². The Hall–Kier alpha value is -3.30. The van der Waals surface area contributed by atoms with Gasteiger partial charge in [0.25, 0.3) is 0 Å². The van der Waals surface area contributed by atoms with E-state index in [1.807, 2.05) is 32.0 Å². The van der Waals surface area contributed by atoms with E-state index in [9.17, 15) is 18.0 Å². The molecule has 1 atom stereocenters. The van der Waals surface area contributed by atoms with Crippen molar-refractivity contribution < 1.29 is 22.7 Å². The Kier molecular flexibility index (Phi) is 5.86. The van der Waals surface area contributed by atoms with Crippen molar-refractivity contribution in [2.45, 2.75) is 46.6 Å². The molecular formula is C20H22F3N5O2. The molecule has 0 saturated heterocycles. The Labute approximate surface area is 171 Å². The number of aromatic nitrogens is 4. The van der Waals surface area contributed by atoms with Crippen LogP contribution in [-0.4, -0.2) is 25.5 Å². The Bertz CT molecular complexity index is 1060. The largest absolute Gasteiger partial charge is 0.471 e. The van der Waals surface area contributed by atoms with Crippen LogP contribution in [0.4, 0.5) is 18.9 Å². The second kappa shape index (κ2) is 8.21. The Morgan fingerprint density at radius 3 is 2.60 bits per heavy atom. The molecule has 0 saturated carbocycles. The standard InChI is InChI=1S/C20H22F3N5O2/c1-12-5-6-17(13(2)7-12)30-11-27-10-16(9-24-27)25-19(29)15(4)28-14(3)8-18(26-28)20(21,22)23/h5-10,15H,11H2,1-4H3,(H,25,29). The molecule has 0 radical (unpaired) electrons. The SMILES string of the molecule is Cc1ccc(OCn2cc(NC(=O)C(C)n3nc(C(F)(F)F)cc3C)cn2)c(C)c1. The van der Waals surface area contributed by atoms with Crippen molar-refractivity contribution in [3.63, 3.8) is 0 Å². The van der Waals surface area contributed by atoms with Gasteiger partial charge in [0.15, 0.2) is 12.4 Å². The number of ether oxygens (including phenoxy) is 1. The van der Waals surface area contributed by atoms with Crippen LogP contribution in [0.1, 0.15) is 35.5 Å². The van der Waals surface area contributed by atoms with E-state index in [0.717, 1.165) is 27.6 Å². The van der Waals surface area contributed by atoms with E-state index in [-0.39, 0.29) is 12.4 Å². The lowest BCUT2D eigenvalue weighted by atomic mass is 10.1. The zero-order valence-electron chi connectivity index (χ0n) is 17.0. The summed E-state index contributed by atoms with van der Waals surface area (Å²) in [5.74, 6) is 0.217. The predicted molar refractivity (Wildman–Crippen MR) is 104 cm³/mol. The summed E-state index contributed by atoms with van der Waals surface area (Å²) in [4.78, 5) is 12.5. The molecule has 0 aliphatic carbocycles. The van der Waals surface area contributed by atoms with Gasteiger partial charge in [0.2, 0.25) is 5.91 Å². The van der Waals surface area contributed by atoms with Crippen molar-refractivity contribution in [1.82, 2.24) is 19.6 Å². The van der Waals surface area contributed by atoms with Crippen molar-refractivity contribution in [3.8, 4) is 5.75 Å². The van der Waals surface area contributed by atoms with Crippen LogP contribution in [0.3, 0.4) is 0 Å². The molecule has 0 spiro atoms. The summed E-state index contributed by atoms with van der Waals surface area (Å²) in [7, 11) is 0. The maximum atomic E-state index is 12.8. The predicted octanol–water partition coefficient (Wildman–Crippen LogP) is 4.26. The summed E-state index contributed by atoms with van der Waals surface area (Å²) >= 11 is 0. The van der Waals surface area contributed by atoms with Crippen LogP contribution in [0.2, 0.25) is 0 Å². The quantitative estimate of drug-likeness (QED) is 0.646. The van der Waals surface area contributed by atoms with Gasteiger partial charge >= 0.3 is 6.18 Å². The van der Waals surface area contributed by atoms with Crippen molar-refractivity contribution >= 4 is 11.6 Å². The van der Waals surface area contributed by atoms with Crippen LogP contribution >= 0.6 is 0 Å². The first-order valence-corrected chi connectivity index (χ1v) is 9.21. The molecule has 0 aliphatic heterocycles. The number of hydrogen-bond donors (Lipinski definition) is 1. The third-order valence-electron chi connectivity index (χ3n) is 4.54. The fourth-order valence-electron chi connectivity index (χ4n) is 2.97. The van der Waals surface area contributed by atoms with Crippen LogP contribution in [0, 0.1) is 20.8 Å². The molecule has 10 heteroatoms. The number of benzene rings is 1. The number of aryl methyl sites for hydroxylation is 3. The third kappa shape index (κ3) is 4.81. The van der Waals surface area contributed by atoms with Crippen molar-refractivity contribution in [2.24, 2.45) is 0 Å². The molecule has 1 aromatic carbocycles. The number of nitrogens with zero attached hydrogens (tertiary/aromatic N) is 4. The highest BCUT2D eigenvalue weighted by atomic mass is 19.4. The average molecular weight is 421 g/mol. The Balaban J connectivity index is 1.62. The highest BCUT2D eigenvalue weighted by Crippen LogP contribution is 2.29. The van der Waals surface area contributed by atoms with E-state index in [4.69, 9.17) is 4.74 Å². The van der Waals surface area contributed by atoms with Crippen molar-refractivity contribution in [3.05, 3.63) is 59.2 Å². The summed E-state index contributed by atoms with van der Waals surface area (Å²) in [5, 5.41) is 10.3. The average Bonchev–Trinajstić information content (AvgIpc) is 3.26. The molecule has 1 N–H and O–H groups in total. The lowest BCUT2D eigenvalue weighted by Crippen LogP contribution is -2.25. The van der Waals surface area contributed by atoms with Gasteiger partial charge in [-0.05, 0) is 45.4 Å². The molecular weight excluding hydrogens is 399 g/mol. The Morgan fingerprint density at radius 1 is 1.23 bits per heavy atom. The summed E-state index contributed by atoms with van der Waals surface area (Å²) in [6, 6.07) is 5.80. The molecule has 1 amide bonds. The maximum Gasteiger partial charge on any atom is 0.435 e. The molecule has 3 rings (SSSR count). The summed E-state index contributed by atoms with van der Waals surface area (Å²) < 4.78 is 46.8. The van der Waals surface area contributed by atoms with Crippen molar-refractivity contribution in [2.75, 3.05) is 5.32 Å². The molecule has 0 aliphatic rings. The summed E-state index contributed by atoms with van der Waals surface area (Å²) in [6.07, 6.45) is -1.55. The van der Waals surface area contributed by atoms with Gasteiger partial charge in [-0.3, -0.25) is 9.48 Å². The number of nitrogens with one attached hydrogen (secondary N) is 1. The van der Waals surface area contributed by atoms with E-state index in [1.54, 1.807) is 6.20 Å². The van der Waals surface area contributed by atoms with E-state index >= 15 is 0 Å². The van der Waals surface area contributed by atoms with Crippen LogP contribution in [0.15, 0.2) is 36.7 Å². The molecule has 2 aromatic heterocycles. The number of anilines is 1. The normalized spacial score (nSPS) is 12.6. The first-order chi connectivity index (χ1) is 14.0. The second-order valence-corrected chi connectivity index (χ2v) is 7.09. The fraction of sp³-hybridized carbons (Fsp3) is 0.350. The molecule has 1 unspecified atom stereocenters. The second-order valence-electron chi connectivity index (χ2n) is 7.09. The lowest BCUT2D eigenvalue weighted by Gasteiger charge is -2.13. The topological polar surface area (TPSA) is 74.0 Å². The van der Waals surface area contributed by atoms with E-state index in [0.29, 0.717) is 5.69 Å². The van der Waals surface area contributed by atoms with E-state index in [2.05, 4.69) is 15.5 Å². The summed E-state index contributed by atoms with van der Waals surface area (Å²) in [5.41, 5.74) is 1.74. The highest BCUT2D eigenvalue weighted by molar-refractivity contribution is 5.93. The third-order valence-corrected chi connectivity index (χ3v) is 4.54. The van der Waals surface area contributed by atoms with Gasteiger partial charge in [-0.2, -0.15) is 23.4 Å². The van der Waals surface area contributed by atoms with Crippen molar-refractivity contribution in [1.29, 1.82) is 0 Å². The molecule has 0 fully saturated rings. The zero-order valence-corrected chi connectivity index (χ0v) is 17.0. The first kappa shape index (κ1) is 21.4. The number of carbonyl (C=O) groups excluding carboxylic acids is 1. The number of carbonyl (C=O) groups is 1.